The van der Waals surface area contributed by atoms with Gasteiger partial charge in [0.1, 0.15) is 5.82 Å². The highest BCUT2D eigenvalue weighted by Gasteiger charge is 2.51. The number of amides is 1. The molecule has 2 saturated heterocycles. The smallest absolute Gasteiger partial charge is 0.307 e. The Bertz CT molecular complexity index is 619. The normalized spacial score (nSPS) is 26.6. The lowest BCUT2D eigenvalue weighted by Crippen LogP contribution is -2.52. The van der Waals surface area contributed by atoms with Crippen LogP contribution in [-0.4, -0.2) is 52.0 Å². The Morgan fingerprint density at radius 3 is 2.57 bits per heavy atom. The molecule has 2 aliphatic heterocycles. The molecular formula is C17H21FN2O3. The molecule has 6 heteroatoms. The number of carboxylic acid groups (broad SMARTS) is 1. The molecule has 0 aromatic heterocycles. The minimum atomic E-state index is -0.836. The van der Waals surface area contributed by atoms with Crippen LogP contribution >= 0.6 is 0 Å². The molecule has 2 fully saturated rings. The first-order valence-electron chi connectivity index (χ1n) is 7.93. The van der Waals surface area contributed by atoms with Gasteiger partial charge in [-0.15, -0.1) is 0 Å². The summed E-state index contributed by atoms with van der Waals surface area (Å²) in [5.41, 5.74) is 0.915. The number of piperazine rings is 1. The van der Waals surface area contributed by atoms with Crippen molar-refractivity contribution in [3.63, 3.8) is 0 Å². The Labute approximate surface area is 134 Å². The van der Waals surface area contributed by atoms with Gasteiger partial charge in [0.25, 0.3) is 0 Å². The van der Waals surface area contributed by atoms with E-state index in [9.17, 15) is 14.0 Å². The monoisotopic (exact) mass is 320 g/mol. The molecule has 0 saturated carbocycles. The average Bonchev–Trinajstić information content (AvgIpc) is 3.04. The lowest BCUT2D eigenvalue weighted by Gasteiger charge is -2.38. The standard InChI is InChI=1S/C17H21FN2O3/c1-10(17(22)23)8-19-9-14-7-15(19)16(21)20(14)11(2)12-3-5-13(18)6-4-12/h3-6,10-11,14-15H,7-9H2,1-2H3,(H,22,23)/t10?,11-,14+,15?/m0/s1. The SMILES string of the molecule is CC(CN1C[C@H]2CC1C(=O)N2[C@@H](C)c1ccc(F)cc1)C(=O)O. The summed E-state index contributed by atoms with van der Waals surface area (Å²) in [5.74, 6) is -1.55. The van der Waals surface area contributed by atoms with Crippen LogP contribution in [0.2, 0.25) is 0 Å². The number of carbonyl (C=O) groups excluding carboxylic acids is 1. The molecule has 23 heavy (non-hydrogen) atoms. The minimum absolute atomic E-state index is 0.0515. The fraction of sp³-hybridized carbons (Fsp3) is 0.529. The van der Waals surface area contributed by atoms with E-state index in [1.54, 1.807) is 19.1 Å². The maximum absolute atomic E-state index is 13.1. The van der Waals surface area contributed by atoms with Gasteiger partial charge in [-0.3, -0.25) is 14.5 Å². The number of hydrogen-bond acceptors (Lipinski definition) is 3. The summed E-state index contributed by atoms with van der Waals surface area (Å²) >= 11 is 0. The quantitative estimate of drug-likeness (QED) is 0.900. The van der Waals surface area contributed by atoms with Crippen molar-refractivity contribution in [2.75, 3.05) is 13.1 Å². The molecule has 1 aromatic rings. The van der Waals surface area contributed by atoms with Crippen molar-refractivity contribution in [1.29, 1.82) is 0 Å². The van der Waals surface area contributed by atoms with Gasteiger partial charge in [-0.25, -0.2) is 4.39 Å². The van der Waals surface area contributed by atoms with Crippen LogP contribution in [0.4, 0.5) is 4.39 Å². The third-order valence-electron chi connectivity index (χ3n) is 5.01. The fourth-order valence-electron chi connectivity index (χ4n) is 3.73. The van der Waals surface area contributed by atoms with E-state index in [-0.39, 0.29) is 29.8 Å². The van der Waals surface area contributed by atoms with Crippen LogP contribution in [0.25, 0.3) is 0 Å². The van der Waals surface area contributed by atoms with Crippen molar-refractivity contribution < 1.29 is 19.1 Å². The van der Waals surface area contributed by atoms with Crippen LogP contribution in [0.5, 0.6) is 0 Å². The first-order valence-corrected chi connectivity index (χ1v) is 7.93. The minimum Gasteiger partial charge on any atom is -0.481 e. The van der Waals surface area contributed by atoms with Crippen molar-refractivity contribution in [1.82, 2.24) is 9.80 Å². The highest BCUT2D eigenvalue weighted by Crippen LogP contribution is 2.38. The van der Waals surface area contributed by atoms with Crippen LogP contribution in [0.1, 0.15) is 31.9 Å². The van der Waals surface area contributed by atoms with Crippen LogP contribution in [0.3, 0.4) is 0 Å². The molecule has 2 unspecified atom stereocenters. The molecule has 3 rings (SSSR count). The zero-order chi connectivity index (χ0) is 16.7. The molecule has 2 bridgehead atoms. The second-order valence-corrected chi connectivity index (χ2v) is 6.57. The number of carbonyl (C=O) groups is 2. The van der Waals surface area contributed by atoms with Crippen molar-refractivity contribution in [3.8, 4) is 0 Å². The lowest BCUT2D eigenvalue weighted by atomic mass is 10.1. The van der Waals surface area contributed by atoms with Gasteiger partial charge >= 0.3 is 5.97 Å². The summed E-state index contributed by atoms with van der Waals surface area (Å²) in [7, 11) is 0. The summed E-state index contributed by atoms with van der Waals surface area (Å²) in [6.45, 7) is 4.73. The van der Waals surface area contributed by atoms with Crippen LogP contribution < -0.4 is 0 Å². The number of aliphatic carboxylic acids is 1. The molecule has 5 nitrogen and oxygen atoms in total. The van der Waals surface area contributed by atoms with Gasteiger partial charge < -0.3 is 10.0 Å². The van der Waals surface area contributed by atoms with Gasteiger partial charge in [0.05, 0.1) is 18.0 Å². The zero-order valence-corrected chi connectivity index (χ0v) is 13.3. The molecule has 0 aliphatic carbocycles. The number of likely N-dealkylation sites (tertiary alicyclic amines) is 2. The van der Waals surface area contributed by atoms with E-state index >= 15 is 0 Å². The number of benzene rings is 1. The molecular weight excluding hydrogens is 299 g/mol. The largest absolute Gasteiger partial charge is 0.481 e. The number of rotatable bonds is 5. The molecule has 4 atom stereocenters. The van der Waals surface area contributed by atoms with E-state index in [1.165, 1.54) is 12.1 Å². The van der Waals surface area contributed by atoms with E-state index < -0.39 is 11.9 Å². The lowest BCUT2D eigenvalue weighted by molar-refractivity contribution is -0.145. The molecule has 124 valence electrons. The molecule has 2 aliphatic rings. The van der Waals surface area contributed by atoms with Crippen LogP contribution in [0, 0.1) is 11.7 Å². The summed E-state index contributed by atoms with van der Waals surface area (Å²) in [6, 6.07) is 6.03. The molecule has 1 aromatic carbocycles. The van der Waals surface area contributed by atoms with E-state index in [1.807, 2.05) is 16.7 Å². The molecule has 1 N–H and O–H groups in total. The van der Waals surface area contributed by atoms with Crippen LogP contribution in [-0.2, 0) is 9.59 Å². The van der Waals surface area contributed by atoms with Gasteiger partial charge in [-0.2, -0.15) is 0 Å². The van der Waals surface area contributed by atoms with E-state index in [4.69, 9.17) is 5.11 Å². The second kappa shape index (κ2) is 5.92. The number of carboxylic acids is 1. The first kappa shape index (κ1) is 15.9. The van der Waals surface area contributed by atoms with E-state index in [0.717, 1.165) is 12.0 Å². The maximum Gasteiger partial charge on any atom is 0.307 e. The highest BCUT2D eigenvalue weighted by atomic mass is 19.1. The number of fused-ring (bicyclic) bond motifs is 2. The third kappa shape index (κ3) is 2.83. The Kier molecular flexibility index (Phi) is 4.10. The molecule has 2 heterocycles. The van der Waals surface area contributed by atoms with Crippen molar-refractivity contribution >= 4 is 11.9 Å². The summed E-state index contributed by atoms with van der Waals surface area (Å²) in [6.07, 6.45) is 0.747. The van der Waals surface area contributed by atoms with E-state index in [0.29, 0.717) is 13.1 Å². The third-order valence-corrected chi connectivity index (χ3v) is 5.01. The van der Waals surface area contributed by atoms with E-state index in [2.05, 4.69) is 0 Å². The molecule has 1 amide bonds. The predicted molar refractivity (Wildman–Crippen MR) is 82.2 cm³/mol. The second-order valence-electron chi connectivity index (χ2n) is 6.57. The van der Waals surface area contributed by atoms with Gasteiger partial charge in [-0.1, -0.05) is 19.1 Å². The summed E-state index contributed by atoms with van der Waals surface area (Å²) in [5, 5.41) is 9.04. The van der Waals surface area contributed by atoms with Crippen LogP contribution in [0.15, 0.2) is 24.3 Å². The van der Waals surface area contributed by atoms with Crippen molar-refractivity contribution in [3.05, 3.63) is 35.6 Å². The summed E-state index contributed by atoms with van der Waals surface area (Å²) < 4.78 is 13.1. The predicted octanol–water partition coefficient (Wildman–Crippen LogP) is 1.89. The highest BCUT2D eigenvalue weighted by molar-refractivity contribution is 5.86. The van der Waals surface area contributed by atoms with Gasteiger partial charge in [-0.05, 0) is 31.0 Å². The number of hydrogen-bond donors (Lipinski definition) is 1. The van der Waals surface area contributed by atoms with Gasteiger partial charge in [0.2, 0.25) is 5.91 Å². The Morgan fingerprint density at radius 2 is 2.00 bits per heavy atom. The number of halogens is 1. The first-order chi connectivity index (χ1) is 10.9. The van der Waals surface area contributed by atoms with Gasteiger partial charge in [0.15, 0.2) is 0 Å². The molecule has 0 radical (unpaired) electrons. The van der Waals surface area contributed by atoms with Crippen molar-refractivity contribution in [2.24, 2.45) is 5.92 Å². The Morgan fingerprint density at radius 1 is 1.35 bits per heavy atom. The molecule has 0 spiro atoms. The fourth-order valence-corrected chi connectivity index (χ4v) is 3.73. The zero-order valence-electron chi connectivity index (χ0n) is 13.3. The average molecular weight is 320 g/mol. The topological polar surface area (TPSA) is 60.9 Å². The summed E-state index contributed by atoms with van der Waals surface area (Å²) in [4.78, 5) is 27.5. The van der Waals surface area contributed by atoms with Crippen molar-refractivity contribution in [2.45, 2.75) is 38.4 Å². The number of nitrogens with zero attached hydrogens (tertiary/aromatic N) is 2. The Hall–Kier alpha value is -1.95. The Balaban J connectivity index is 1.70. The van der Waals surface area contributed by atoms with Gasteiger partial charge in [0, 0.05) is 19.1 Å². The maximum atomic E-state index is 13.1.